The van der Waals surface area contributed by atoms with E-state index in [-0.39, 0.29) is 6.04 Å². The van der Waals surface area contributed by atoms with E-state index in [0.717, 1.165) is 6.54 Å². The van der Waals surface area contributed by atoms with Crippen molar-refractivity contribution in [1.82, 2.24) is 13.9 Å². The molecule has 1 unspecified atom stereocenters. The molecule has 0 bridgehead atoms. The van der Waals surface area contributed by atoms with Crippen LogP contribution in [0.1, 0.15) is 19.8 Å². The number of hydrogen-bond acceptors (Lipinski definition) is 3. The highest BCUT2D eigenvalue weighted by atomic mass is 32.2. The Hall–Kier alpha value is -0.170. The summed E-state index contributed by atoms with van der Waals surface area (Å²) in [5.41, 5.74) is 0. The van der Waals surface area contributed by atoms with E-state index in [9.17, 15) is 8.42 Å². The van der Waals surface area contributed by atoms with Gasteiger partial charge in [-0.05, 0) is 25.7 Å². The van der Waals surface area contributed by atoms with Crippen molar-refractivity contribution in [2.75, 3.05) is 33.2 Å². The zero-order valence-electron chi connectivity index (χ0n) is 10.0. The summed E-state index contributed by atoms with van der Waals surface area (Å²) in [6, 6.07) is 0.248. The van der Waals surface area contributed by atoms with Crippen LogP contribution in [0.5, 0.6) is 0 Å². The van der Waals surface area contributed by atoms with Crippen molar-refractivity contribution in [3.63, 3.8) is 0 Å². The van der Waals surface area contributed by atoms with E-state index in [1.165, 1.54) is 17.1 Å². The van der Waals surface area contributed by atoms with E-state index in [0.29, 0.717) is 25.6 Å². The maximum Gasteiger partial charge on any atom is 0.281 e. The van der Waals surface area contributed by atoms with Gasteiger partial charge in [-0.3, -0.25) is 0 Å². The smallest absolute Gasteiger partial charge is 0.281 e. The van der Waals surface area contributed by atoms with Crippen molar-refractivity contribution in [2.45, 2.75) is 25.8 Å². The monoisotopic (exact) mass is 247 g/mol. The van der Waals surface area contributed by atoms with Crippen molar-refractivity contribution in [2.24, 2.45) is 5.92 Å². The van der Waals surface area contributed by atoms with Crippen LogP contribution < -0.4 is 5.32 Å². The van der Waals surface area contributed by atoms with E-state index in [1.54, 1.807) is 11.4 Å². The largest absolute Gasteiger partial charge is 0.312 e. The van der Waals surface area contributed by atoms with Crippen LogP contribution >= 0.6 is 0 Å². The first-order valence-corrected chi connectivity index (χ1v) is 7.34. The fourth-order valence-electron chi connectivity index (χ4n) is 2.06. The number of rotatable bonds is 4. The minimum absolute atomic E-state index is 0.248. The predicted molar refractivity (Wildman–Crippen MR) is 63.3 cm³/mol. The summed E-state index contributed by atoms with van der Waals surface area (Å²) in [6.07, 6.45) is 2.36. The average molecular weight is 247 g/mol. The molecule has 0 aromatic heterocycles. The Labute approximate surface area is 98.0 Å². The van der Waals surface area contributed by atoms with E-state index >= 15 is 0 Å². The molecule has 1 aliphatic carbocycles. The Bertz CT molecular complexity index is 340. The van der Waals surface area contributed by atoms with Crippen LogP contribution in [0, 0.1) is 5.92 Å². The van der Waals surface area contributed by atoms with E-state index in [1.807, 2.05) is 6.92 Å². The Morgan fingerprint density at radius 3 is 2.69 bits per heavy atom. The van der Waals surface area contributed by atoms with E-state index < -0.39 is 10.2 Å². The third kappa shape index (κ3) is 2.74. The molecule has 1 saturated heterocycles. The van der Waals surface area contributed by atoms with Gasteiger partial charge in [-0.25, -0.2) is 0 Å². The first-order valence-electron chi connectivity index (χ1n) is 5.95. The second kappa shape index (κ2) is 4.60. The van der Waals surface area contributed by atoms with Crippen molar-refractivity contribution in [3.05, 3.63) is 0 Å². The standard InChI is InChI=1S/C10H21N3O2S/c1-9-7-13(6-5-11-9)16(14,15)12(2)8-10-3-4-10/h9-11H,3-8H2,1-2H3. The first-order chi connectivity index (χ1) is 7.50. The zero-order valence-corrected chi connectivity index (χ0v) is 10.8. The molecule has 94 valence electrons. The molecule has 16 heavy (non-hydrogen) atoms. The topological polar surface area (TPSA) is 52.7 Å². The van der Waals surface area contributed by atoms with Crippen LogP contribution in [-0.2, 0) is 10.2 Å². The first kappa shape index (κ1) is 12.3. The Morgan fingerprint density at radius 2 is 2.12 bits per heavy atom. The Kier molecular flexibility index (Phi) is 3.53. The second-order valence-corrected chi connectivity index (χ2v) is 6.98. The van der Waals surface area contributed by atoms with Gasteiger partial charge in [-0.1, -0.05) is 0 Å². The summed E-state index contributed by atoms with van der Waals surface area (Å²) in [5.74, 6) is 0.597. The van der Waals surface area contributed by atoms with Crippen molar-refractivity contribution in [3.8, 4) is 0 Å². The number of nitrogens with one attached hydrogen (secondary N) is 1. The molecule has 2 rings (SSSR count). The van der Waals surface area contributed by atoms with Gasteiger partial charge in [0.05, 0.1) is 0 Å². The van der Waals surface area contributed by atoms with Gasteiger partial charge in [0.15, 0.2) is 0 Å². The summed E-state index contributed by atoms with van der Waals surface area (Å²) in [7, 11) is -1.53. The molecule has 0 aromatic carbocycles. The third-order valence-electron chi connectivity index (χ3n) is 3.26. The predicted octanol–water partition coefficient (Wildman–Crippen LogP) is -0.133. The maximum atomic E-state index is 12.2. The molecular weight excluding hydrogens is 226 g/mol. The zero-order chi connectivity index (χ0) is 11.8. The van der Waals surface area contributed by atoms with Gasteiger partial charge < -0.3 is 5.32 Å². The molecule has 0 radical (unpaired) electrons. The molecule has 0 amide bonds. The molecule has 1 atom stereocenters. The van der Waals surface area contributed by atoms with Gasteiger partial charge in [-0.15, -0.1) is 0 Å². The molecule has 6 heteroatoms. The number of hydrogen-bond donors (Lipinski definition) is 1. The molecule has 1 saturated carbocycles. The van der Waals surface area contributed by atoms with Gasteiger partial charge in [0.25, 0.3) is 10.2 Å². The third-order valence-corrected chi connectivity index (χ3v) is 5.18. The van der Waals surface area contributed by atoms with Crippen LogP contribution in [-0.4, -0.2) is 56.3 Å². The molecule has 1 aliphatic heterocycles. The number of nitrogens with zero attached hydrogens (tertiary/aromatic N) is 2. The van der Waals surface area contributed by atoms with Crippen molar-refractivity contribution in [1.29, 1.82) is 0 Å². The van der Waals surface area contributed by atoms with Crippen molar-refractivity contribution >= 4 is 10.2 Å². The fraction of sp³-hybridized carbons (Fsp3) is 1.00. The summed E-state index contributed by atoms with van der Waals surface area (Å²) in [4.78, 5) is 0. The van der Waals surface area contributed by atoms with E-state index in [2.05, 4.69) is 5.32 Å². The highest BCUT2D eigenvalue weighted by Gasteiger charge is 2.33. The minimum Gasteiger partial charge on any atom is -0.312 e. The van der Waals surface area contributed by atoms with Crippen LogP contribution in [0.25, 0.3) is 0 Å². The van der Waals surface area contributed by atoms with Gasteiger partial charge in [0.2, 0.25) is 0 Å². The highest BCUT2D eigenvalue weighted by Crippen LogP contribution is 2.30. The van der Waals surface area contributed by atoms with Gasteiger partial charge in [-0.2, -0.15) is 17.0 Å². The normalized spacial score (nSPS) is 28.6. The van der Waals surface area contributed by atoms with Crippen molar-refractivity contribution < 1.29 is 8.42 Å². The Morgan fingerprint density at radius 1 is 1.44 bits per heavy atom. The van der Waals surface area contributed by atoms with Gasteiger partial charge in [0, 0.05) is 39.3 Å². The summed E-state index contributed by atoms with van der Waals surface area (Å²) < 4.78 is 27.5. The lowest BCUT2D eigenvalue weighted by molar-refractivity contribution is 0.287. The molecule has 0 aromatic rings. The molecule has 1 N–H and O–H groups in total. The fourth-order valence-corrected chi connectivity index (χ4v) is 3.59. The lowest BCUT2D eigenvalue weighted by Gasteiger charge is -2.33. The number of piperazine rings is 1. The Balaban J connectivity index is 1.98. The average Bonchev–Trinajstić information content (AvgIpc) is 3.01. The minimum atomic E-state index is -3.22. The summed E-state index contributed by atoms with van der Waals surface area (Å²) >= 11 is 0. The quantitative estimate of drug-likeness (QED) is 0.753. The molecule has 0 spiro atoms. The summed E-state index contributed by atoms with van der Waals surface area (Å²) in [6.45, 7) is 4.61. The molecule has 2 aliphatic rings. The van der Waals surface area contributed by atoms with Crippen LogP contribution in [0.3, 0.4) is 0 Å². The molecular formula is C10H21N3O2S. The van der Waals surface area contributed by atoms with Gasteiger partial charge in [0.1, 0.15) is 0 Å². The van der Waals surface area contributed by atoms with Crippen LogP contribution in [0.2, 0.25) is 0 Å². The van der Waals surface area contributed by atoms with Crippen LogP contribution in [0.15, 0.2) is 0 Å². The maximum absolute atomic E-state index is 12.2. The molecule has 2 fully saturated rings. The lowest BCUT2D eigenvalue weighted by atomic mass is 10.3. The highest BCUT2D eigenvalue weighted by molar-refractivity contribution is 7.86. The lowest BCUT2D eigenvalue weighted by Crippen LogP contribution is -2.54. The van der Waals surface area contributed by atoms with Gasteiger partial charge >= 0.3 is 0 Å². The van der Waals surface area contributed by atoms with E-state index in [4.69, 9.17) is 0 Å². The molecule has 5 nitrogen and oxygen atoms in total. The SMILES string of the molecule is CC1CN(S(=O)(=O)N(C)CC2CC2)CCN1. The second-order valence-electron chi connectivity index (χ2n) is 4.94. The van der Waals surface area contributed by atoms with Crippen LogP contribution in [0.4, 0.5) is 0 Å². The summed E-state index contributed by atoms with van der Waals surface area (Å²) in [5, 5.41) is 3.25. The molecule has 1 heterocycles.